The van der Waals surface area contributed by atoms with Crippen LogP contribution in [0.3, 0.4) is 0 Å². The van der Waals surface area contributed by atoms with Gasteiger partial charge in [0, 0.05) is 7.11 Å². The van der Waals surface area contributed by atoms with Crippen LogP contribution in [0.5, 0.6) is 0 Å². The minimum atomic E-state index is -1.09. The van der Waals surface area contributed by atoms with Crippen molar-refractivity contribution in [2.75, 3.05) is 7.11 Å². The Morgan fingerprint density at radius 3 is 2.40 bits per heavy atom. The van der Waals surface area contributed by atoms with Gasteiger partial charge in [0.05, 0.1) is 6.10 Å². The van der Waals surface area contributed by atoms with E-state index in [4.69, 9.17) is 20.9 Å². The summed E-state index contributed by atoms with van der Waals surface area (Å²) in [4.78, 5) is 3.76. The van der Waals surface area contributed by atoms with Gasteiger partial charge >= 0.3 is 0 Å². The van der Waals surface area contributed by atoms with Crippen molar-refractivity contribution in [3.8, 4) is 0 Å². The second-order valence-corrected chi connectivity index (χ2v) is 3.47. The summed E-state index contributed by atoms with van der Waals surface area (Å²) in [6, 6.07) is -0.830. The first-order chi connectivity index (χ1) is 6.97. The van der Waals surface area contributed by atoms with Crippen LogP contribution >= 0.6 is 0 Å². The smallest absolute Gasteiger partial charge is 0.186 e. The second-order valence-electron chi connectivity index (χ2n) is 3.47. The Morgan fingerprint density at radius 2 is 1.93 bits per heavy atom. The molecule has 1 heterocycles. The predicted octanol–water partition coefficient (Wildman–Crippen LogP) is -2.26. The zero-order valence-corrected chi connectivity index (χ0v) is 8.70. The summed E-state index contributed by atoms with van der Waals surface area (Å²) in [5, 5.41) is 19.4. The lowest BCUT2D eigenvalue weighted by Crippen LogP contribution is -2.57. The van der Waals surface area contributed by atoms with Gasteiger partial charge in [-0.3, -0.25) is 0 Å². The SMILES string of the molecule is CO[C@@H]1O[C@H](C)[C@@H](O)[C@H](N=C(N)N)[C@@H]1O. The van der Waals surface area contributed by atoms with Crippen LogP contribution in [0.15, 0.2) is 4.99 Å². The summed E-state index contributed by atoms with van der Waals surface area (Å²) in [5.41, 5.74) is 10.4. The van der Waals surface area contributed by atoms with E-state index in [2.05, 4.69) is 4.99 Å². The van der Waals surface area contributed by atoms with Crippen molar-refractivity contribution in [1.29, 1.82) is 0 Å². The fourth-order valence-electron chi connectivity index (χ4n) is 1.53. The molecule has 1 rings (SSSR count). The molecule has 1 aliphatic heterocycles. The van der Waals surface area contributed by atoms with Crippen LogP contribution in [0.25, 0.3) is 0 Å². The van der Waals surface area contributed by atoms with Crippen LogP contribution in [-0.2, 0) is 9.47 Å². The van der Waals surface area contributed by atoms with Gasteiger partial charge in [0.25, 0.3) is 0 Å². The summed E-state index contributed by atoms with van der Waals surface area (Å²) in [6.07, 6.45) is -3.40. The van der Waals surface area contributed by atoms with Crippen LogP contribution in [-0.4, -0.2) is 53.9 Å². The van der Waals surface area contributed by atoms with Gasteiger partial charge in [-0.15, -0.1) is 0 Å². The van der Waals surface area contributed by atoms with Crippen LogP contribution < -0.4 is 11.5 Å². The third kappa shape index (κ3) is 2.57. The summed E-state index contributed by atoms with van der Waals surface area (Å²) in [7, 11) is 1.39. The van der Waals surface area contributed by atoms with Crippen LogP contribution in [0, 0.1) is 0 Å². The maximum Gasteiger partial charge on any atom is 0.186 e. The fourth-order valence-corrected chi connectivity index (χ4v) is 1.53. The molecule has 0 aromatic heterocycles. The number of methoxy groups -OCH3 is 1. The molecule has 15 heavy (non-hydrogen) atoms. The van der Waals surface area contributed by atoms with E-state index < -0.39 is 30.6 Å². The monoisotopic (exact) mass is 219 g/mol. The van der Waals surface area contributed by atoms with E-state index in [-0.39, 0.29) is 5.96 Å². The van der Waals surface area contributed by atoms with Gasteiger partial charge in [-0.2, -0.15) is 0 Å². The molecule has 7 nitrogen and oxygen atoms in total. The Kier molecular flexibility index (Phi) is 3.86. The predicted molar refractivity (Wildman–Crippen MR) is 53.0 cm³/mol. The van der Waals surface area contributed by atoms with Gasteiger partial charge in [0.15, 0.2) is 12.2 Å². The van der Waals surface area contributed by atoms with Crippen LogP contribution in [0.1, 0.15) is 6.92 Å². The zero-order valence-electron chi connectivity index (χ0n) is 8.70. The van der Waals surface area contributed by atoms with Gasteiger partial charge in [-0.1, -0.05) is 0 Å². The molecule has 0 aliphatic carbocycles. The minimum Gasteiger partial charge on any atom is -0.388 e. The van der Waals surface area contributed by atoms with Crippen LogP contribution in [0.4, 0.5) is 0 Å². The number of aliphatic imine (C=N–C) groups is 1. The summed E-state index contributed by atoms with van der Waals surface area (Å²) >= 11 is 0. The summed E-state index contributed by atoms with van der Waals surface area (Å²) in [5.74, 6) is -0.193. The molecule has 0 aromatic carbocycles. The number of nitrogens with zero attached hydrogens (tertiary/aromatic N) is 1. The van der Waals surface area contributed by atoms with Crippen LogP contribution in [0.2, 0.25) is 0 Å². The Balaban J connectivity index is 2.84. The van der Waals surface area contributed by atoms with E-state index in [1.165, 1.54) is 7.11 Å². The van der Waals surface area contributed by atoms with Crippen molar-refractivity contribution in [2.45, 2.75) is 37.6 Å². The lowest BCUT2D eigenvalue weighted by molar-refractivity contribution is -0.257. The standard InChI is InChI=1S/C8H17N3O4/c1-3-5(12)4(11-8(9)10)6(13)7(14-2)15-3/h3-7,12-13H,1-2H3,(H4,9,10,11)/t3-,4+,5-,6+,7-/m1/s1. The van der Waals surface area contributed by atoms with Crippen molar-refractivity contribution in [2.24, 2.45) is 16.5 Å². The van der Waals surface area contributed by atoms with E-state index in [9.17, 15) is 10.2 Å². The molecule has 0 spiro atoms. The van der Waals surface area contributed by atoms with Gasteiger partial charge in [-0.05, 0) is 6.92 Å². The third-order valence-corrected chi connectivity index (χ3v) is 2.34. The highest BCUT2D eigenvalue weighted by Gasteiger charge is 2.43. The maximum absolute atomic E-state index is 9.74. The number of nitrogens with two attached hydrogens (primary N) is 2. The van der Waals surface area contributed by atoms with Crippen molar-refractivity contribution in [3.05, 3.63) is 0 Å². The van der Waals surface area contributed by atoms with E-state index in [1.54, 1.807) is 6.92 Å². The highest BCUT2D eigenvalue weighted by molar-refractivity contribution is 5.76. The minimum absolute atomic E-state index is 0.193. The average Bonchev–Trinajstić information content (AvgIpc) is 2.18. The number of aliphatic hydroxyl groups excluding tert-OH is 2. The Bertz CT molecular complexity index is 244. The van der Waals surface area contributed by atoms with Crippen molar-refractivity contribution < 1.29 is 19.7 Å². The molecule has 0 aromatic rings. The Hall–Kier alpha value is -0.890. The molecule has 0 radical (unpaired) electrons. The molecular weight excluding hydrogens is 202 g/mol. The van der Waals surface area contributed by atoms with E-state index in [0.29, 0.717) is 0 Å². The molecule has 0 bridgehead atoms. The number of hydrogen-bond acceptors (Lipinski definition) is 5. The molecule has 0 saturated carbocycles. The largest absolute Gasteiger partial charge is 0.388 e. The van der Waals surface area contributed by atoms with Crippen molar-refractivity contribution >= 4 is 5.96 Å². The quantitative estimate of drug-likeness (QED) is 0.307. The molecule has 1 fully saturated rings. The molecule has 6 N–H and O–H groups in total. The molecule has 88 valence electrons. The topological polar surface area (TPSA) is 123 Å². The number of ether oxygens (including phenoxy) is 2. The van der Waals surface area contributed by atoms with E-state index >= 15 is 0 Å². The Morgan fingerprint density at radius 1 is 1.33 bits per heavy atom. The highest BCUT2D eigenvalue weighted by atomic mass is 16.7. The van der Waals surface area contributed by atoms with Crippen molar-refractivity contribution in [3.63, 3.8) is 0 Å². The second kappa shape index (κ2) is 4.75. The van der Waals surface area contributed by atoms with E-state index in [0.717, 1.165) is 0 Å². The molecular formula is C8H17N3O4. The lowest BCUT2D eigenvalue weighted by atomic mass is 9.97. The number of rotatable bonds is 2. The summed E-state index contributed by atoms with van der Waals surface area (Å²) < 4.78 is 10.1. The number of hydrogen-bond donors (Lipinski definition) is 4. The van der Waals surface area contributed by atoms with E-state index in [1.807, 2.05) is 0 Å². The van der Waals surface area contributed by atoms with Gasteiger partial charge in [0.1, 0.15) is 18.2 Å². The molecule has 5 atom stereocenters. The Labute approximate surface area is 87.7 Å². The average molecular weight is 219 g/mol. The molecule has 0 amide bonds. The zero-order chi connectivity index (χ0) is 11.6. The third-order valence-electron chi connectivity index (χ3n) is 2.34. The van der Waals surface area contributed by atoms with Crippen molar-refractivity contribution in [1.82, 2.24) is 0 Å². The first kappa shape index (κ1) is 12.2. The fraction of sp³-hybridized carbons (Fsp3) is 0.875. The first-order valence-corrected chi connectivity index (χ1v) is 4.60. The van der Waals surface area contributed by atoms with Gasteiger partial charge in [-0.25, -0.2) is 4.99 Å². The normalized spacial score (nSPS) is 41.2. The molecule has 1 aliphatic rings. The number of aliphatic hydroxyl groups is 2. The van der Waals surface area contributed by atoms with Gasteiger partial charge in [0.2, 0.25) is 0 Å². The molecule has 0 unspecified atom stereocenters. The summed E-state index contributed by atoms with van der Waals surface area (Å²) in [6.45, 7) is 1.65. The molecule has 7 heteroatoms. The highest BCUT2D eigenvalue weighted by Crippen LogP contribution is 2.23. The first-order valence-electron chi connectivity index (χ1n) is 4.60. The maximum atomic E-state index is 9.74. The lowest BCUT2D eigenvalue weighted by Gasteiger charge is -2.39. The van der Waals surface area contributed by atoms with Gasteiger partial charge < -0.3 is 31.2 Å². The number of guanidine groups is 1. The molecule has 1 saturated heterocycles.